The molecule has 150 valence electrons. The van der Waals surface area contributed by atoms with Crippen molar-refractivity contribution in [2.45, 2.75) is 38.6 Å². The Hall–Kier alpha value is -2.62. The van der Waals surface area contributed by atoms with Crippen LogP contribution in [0.2, 0.25) is 0 Å². The van der Waals surface area contributed by atoms with Crippen LogP contribution in [0, 0.1) is 5.92 Å². The minimum Gasteiger partial charge on any atom is -0.480 e. The highest BCUT2D eigenvalue weighted by Gasteiger charge is 2.32. The van der Waals surface area contributed by atoms with Crippen molar-refractivity contribution in [2.24, 2.45) is 5.92 Å². The maximum Gasteiger partial charge on any atom is 0.416 e. The first-order valence-electron chi connectivity index (χ1n) is 8.02. The molecular formula is C17H20F3NO6. The topological polar surface area (TPSA) is 113 Å². The van der Waals surface area contributed by atoms with Crippen molar-refractivity contribution in [1.82, 2.24) is 5.32 Å². The molecule has 3 atom stereocenters. The van der Waals surface area contributed by atoms with Gasteiger partial charge in [0.25, 0.3) is 5.91 Å². The Morgan fingerprint density at radius 3 is 2.19 bits per heavy atom. The number of rotatable bonds is 8. The van der Waals surface area contributed by atoms with Gasteiger partial charge in [-0.25, -0.2) is 4.79 Å². The Bertz CT molecular complexity index is 674. The third-order valence-corrected chi connectivity index (χ3v) is 3.69. The maximum atomic E-state index is 12.5. The second-order valence-corrected chi connectivity index (χ2v) is 5.81. The molecule has 0 fully saturated rings. The summed E-state index contributed by atoms with van der Waals surface area (Å²) in [5.41, 5.74) is -1.09. The van der Waals surface area contributed by atoms with Gasteiger partial charge in [-0.3, -0.25) is 9.59 Å². The lowest BCUT2D eigenvalue weighted by Crippen LogP contribution is -2.44. The van der Waals surface area contributed by atoms with E-state index in [1.165, 1.54) is 6.92 Å². The van der Waals surface area contributed by atoms with Gasteiger partial charge in [-0.2, -0.15) is 13.2 Å². The zero-order chi connectivity index (χ0) is 20.8. The molecule has 1 aromatic carbocycles. The molecule has 10 heteroatoms. The van der Waals surface area contributed by atoms with Crippen molar-refractivity contribution in [3.8, 4) is 0 Å². The molecule has 0 heterocycles. The van der Waals surface area contributed by atoms with Crippen molar-refractivity contribution >= 4 is 17.8 Å². The molecular weight excluding hydrogens is 371 g/mol. The molecule has 0 aliphatic heterocycles. The van der Waals surface area contributed by atoms with E-state index in [2.05, 4.69) is 5.32 Å². The highest BCUT2D eigenvalue weighted by Crippen LogP contribution is 2.30. The smallest absolute Gasteiger partial charge is 0.416 e. The average molecular weight is 391 g/mol. The van der Waals surface area contributed by atoms with Gasteiger partial charge in [0.15, 0.2) is 6.10 Å². The second-order valence-electron chi connectivity index (χ2n) is 5.81. The van der Waals surface area contributed by atoms with Gasteiger partial charge in [0.2, 0.25) is 0 Å². The Morgan fingerprint density at radius 1 is 1.19 bits per heavy atom. The fraction of sp³-hybridized carbons (Fsp3) is 0.471. The SMILES string of the molecule is CCOC(=O)[C@@H](C)C[C@@H](NC(=O)[C@H](O)c1ccc(C(F)(F)F)cc1)C(=O)O. The molecule has 0 saturated heterocycles. The molecule has 0 spiro atoms. The normalized spacial score (nSPS) is 14.7. The van der Waals surface area contributed by atoms with Crippen LogP contribution in [0.4, 0.5) is 13.2 Å². The Balaban J connectivity index is 2.80. The van der Waals surface area contributed by atoms with E-state index in [1.54, 1.807) is 6.92 Å². The van der Waals surface area contributed by atoms with Crippen LogP contribution in [-0.4, -0.2) is 40.7 Å². The predicted molar refractivity (Wildman–Crippen MR) is 86.4 cm³/mol. The molecule has 27 heavy (non-hydrogen) atoms. The van der Waals surface area contributed by atoms with Gasteiger partial charge < -0.3 is 20.3 Å². The molecule has 0 aromatic heterocycles. The van der Waals surface area contributed by atoms with Gasteiger partial charge in [0, 0.05) is 0 Å². The first-order chi connectivity index (χ1) is 12.5. The van der Waals surface area contributed by atoms with Gasteiger partial charge in [-0.05, 0) is 31.0 Å². The fourth-order valence-electron chi connectivity index (χ4n) is 2.21. The van der Waals surface area contributed by atoms with Gasteiger partial charge >= 0.3 is 18.1 Å². The van der Waals surface area contributed by atoms with Crippen molar-refractivity contribution < 1.29 is 42.5 Å². The molecule has 0 unspecified atom stereocenters. The molecule has 1 aromatic rings. The number of carboxylic acids is 1. The Morgan fingerprint density at radius 2 is 1.74 bits per heavy atom. The second kappa shape index (κ2) is 9.36. The third-order valence-electron chi connectivity index (χ3n) is 3.69. The number of aliphatic hydroxyl groups excluding tert-OH is 1. The first-order valence-corrected chi connectivity index (χ1v) is 8.02. The van der Waals surface area contributed by atoms with Crippen molar-refractivity contribution in [3.63, 3.8) is 0 Å². The molecule has 0 aliphatic carbocycles. The summed E-state index contributed by atoms with van der Waals surface area (Å²) in [4.78, 5) is 34.9. The van der Waals surface area contributed by atoms with Crippen molar-refractivity contribution in [3.05, 3.63) is 35.4 Å². The molecule has 7 nitrogen and oxygen atoms in total. The summed E-state index contributed by atoms with van der Waals surface area (Å²) < 4.78 is 42.4. The minimum atomic E-state index is -4.57. The number of halogens is 3. The molecule has 0 bridgehead atoms. The number of aliphatic carboxylic acids is 1. The predicted octanol–water partition coefficient (Wildman–Crippen LogP) is 1.90. The van der Waals surface area contributed by atoms with E-state index in [0.29, 0.717) is 12.1 Å². The number of alkyl halides is 3. The molecule has 0 aliphatic rings. The number of aliphatic hydroxyl groups is 1. The van der Waals surface area contributed by atoms with Gasteiger partial charge in [-0.15, -0.1) is 0 Å². The summed E-state index contributed by atoms with van der Waals surface area (Å²) in [5, 5.41) is 21.2. The number of carbonyl (C=O) groups is 3. The van der Waals surface area contributed by atoms with Crippen LogP contribution in [0.3, 0.4) is 0 Å². The number of ether oxygens (including phenoxy) is 1. The number of nitrogens with one attached hydrogen (secondary N) is 1. The quantitative estimate of drug-likeness (QED) is 0.584. The van der Waals surface area contributed by atoms with Crippen LogP contribution >= 0.6 is 0 Å². The van der Waals surface area contributed by atoms with Crippen LogP contribution in [-0.2, 0) is 25.3 Å². The van der Waals surface area contributed by atoms with E-state index in [9.17, 15) is 37.8 Å². The Labute approximate surface area is 153 Å². The molecule has 0 saturated carbocycles. The van der Waals surface area contributed by atoms with E-state index in [0.717, 1.165) is 12.1 Å². The average Bonchev–Trinajstić information content (AvgIpc) is 2.59. The number of esters is 1. The molecule has 1 amide bonds. The van der Waals surface area contributed by atoms with E-state index < -0.39 is 47.6 Å². The summed E-state index contributed by atoms with van der Waals surface area (Å²) in [6, 6.07) is 1.75. The lowest BCUT2D eigenvalue weighted by molar-refractivity contribution is -0.150. The van der Waals surface area contributed by atoms with Crippen LogP contribution in [0.25, 0.3) is 0 Å². The number of hydrogen-bond acceptors (Lipinski definition) is 5. The highest BCUT2D eigenvalue weighted by molar-refractivity contribution is 5.87. The number of benzene rings is 1. The third kappa shape index (κ3) is 6.55. The minimum absolute atomic E-state index is 0.111. The van der Waals surface area contributed by atoms with Gasteiger partial charge in [0.1, 0.15) is 6.04 Å². The lowest BCUT2D eigenvalue weighted by atomic mass is 10.0. The number of hydrogen-bond donors (Lipinski definition) is 3. The molecule has 3 N–H and O–H groups in total. The standard InChI is InChI=1S/C17H20F3NO6/c1-3-27-16(26)9(2)8-12(15(24)25)21-14(23)13(22)10-4-6-11(7-5-10)17(18,19)20/h4-7,9,12-13,22H,3,8H2,1-2H3,(H,21,23)(H,24,25)/t9-,12+,13+/m0/s1. The zero-order valence-corrected chi connectivity index (χ0v) is 14.6. The van der Waals surface area contributed by atoms with E-state index in [-0.39, 0.29) is 18.6 Å². The van der Waals surface area contributed by atoms with Gasteiger partial charge in [0.05, 0.1) is 18.1 Å². The van der Waals surface area contributed by atoms with Crippen molar-refractivity contribution in [2.75, 3.05) is 6.61 Å². The van der Waals surface area contributed by atoms with Crippen LogP contribution in [0.1, 0.15) is 37.5 Å². The largest absolute Gasteiger partial charge is 0.480 e. The number of carbonyl (C=O) groups excluding carboxylic acids is 2. The molecule has 1 rings (SSSR count). The van der Waals surface area contributed by atoms with Gasteiger partial charge in [-0.1, -0.05) is 19.1 Å². The Kier molecular flexibility index (Phi) is 7.77. The van der Waals surface area contributed by atoms with E-state index in [1.807, 2.05) is 0 Å². The summed E-state index contributed by atoms with van der Waals surface area (Å²) in [6.45, 7) is 3.12. The number of carboxylic acid groups (broad SMARTS) is 1. The molecule has 0 radical (unpaired) electrons. The summed E-state index contributed by atoms with van der Waals surface area (Å²) in [7, 11) is 0. The van der Waals surface area contributed by atoms with E-state index >= 15 is 0 Å². The summed E-state index contributed by atoms with van der Waals surface area (Å²) in [5.74, 6) is -4.01. The maximum absolute atomic E-state index is 12.5. The first kappa shape index (κ1) is 22.4. The fourth-order valence-corrected chi connectivity index (χ4v) is 2.21. The zero-order valence-electron chi connectivity index (χ0n) is 14.6. The number of amides is 1. The summed E-state index contributed by atoms with van der Waals surface area (Å²) in [6.07, 6.45) is -6.71. The highest BCUT2D eigenvalue weighted by atomic mass is 19.4. The van der Waals surface area contributed by atoms with Crippen LogP contribution in [0.5, 0.6) is 0 Å². The van der Waals surface area contributed by atoms with Crippen LogP contribution < -0.4 is 5.32 Å². The monoisotopic (exact) mass is 391 g/mol. The van der Waals surface area contributed by atoms with Crippen LogP contribution in [0.15, 0.2) is 24.3 Å². The lowest BCUT2D eigenvalue weighted by Gasteiger charge is -2.20. The van der Waals surface area contributed by atoms with E-state index in [4.69, 9.17) is 4.74 Å². The summed E-state index contributed by atoms with van der Waals surface area (Å²) >= 11 is 0. The van der Waals surface area contributed by atoms with Crippen molar-refractivity contribution in [1.29, 1.82) is 0 Å².